The molecule has 2 atom stereocenters. The predicted octanol–water partition coefficient (Wildman–Crippen LogP) is 2.04. The summed E-state index contributed by atoms with van der Waals surface area (Å²) in [6.45, 7) is 6.94. The molecule has 1 aromatic carbocycles. The highest BCUT2D eigenvalue weighted by atomic mass is 32.2. The Balaban J connectivity index is 1.91. The molecule has 2 rings (SSSR count). The van der Waals surface area contributed by atoms with E-state index in [0.29, 0.717) is 18.6 Å². The van der Waals surface area contributed by atoms with Crippen LogP contribution in [0.25, 0.3) is 0 Å². The minimum Gasteiger partial charge on any atom is -0.482 e. The zero-order valence-electron chi connectivity index (χ0n) is 16.9. The molecule has 0 aliphatic carbocycles. The van der Waals surface area contributed by atoms with Gasteiger partial charge in [-0.2, -0.15) is 0 Å². The quantitative estimate of drug-likeness (QED) is 0.608. The first kappa shape index (κ1) is 22.2. The molecule has 7 nitrogen and oxygen atoms in total. The maximum atomic E-state index is 12.6. The lowest BCUT2D eigenvalue weighted by Crippen LogP contribution is -2.48. The highest BCUT2D eigenvalue weighted by Gasteiger charge is 2.36. The summed E-state index contributed by atoms with van der Waals surface area (Å²) in [6.07, 6.45) is 1.11. The van der Waals surface area contributed by atoms with Crippen LogP contribution >= 0.6 is 0 Å². The van der Waals surface area contributed by atoms with Crippen LogP contribution < -0.4 is 4.74 Å². The van der Waals surface area contributed by atoms with E-state index in [2.05, 4.69) is 0 Å². The maximum absolute atomic E-state index is 12.6. The van der Waals surface area contributed by atoms with E-state index in [4.69, 9.17) is 9.47 Å². The van der Waals surface area contributed by atoms with Crippen molar-refractivity contribution >= 4 is 21.7 Å². The van der Waals surface area contributed by atoms with Crippen molar-refractivity contribution in [2.24, 2.45) is 0 Å². The molecule has 0 spiro atoms. The number of nitrogens with zero attached hydrogens (tertiary/aromatic N) is 1. The molecule has 1 amide bonds. The average molecular weight is 412 g/mol. The second-order valence-electron chi connectivity index (χ2n) is 7.26. The number of ether oxygens (including phenoxy) is 2. The summed E-state index contributed by atoms with van der Waals surface area (Å²) in [4.78, 5) is 26.2. The van der Waals surface area contributed by atoms with Gasteiger partial charge in [-0.3, -0.25) is 4.79 Å². The summed E-state index contributed by atoms with van der Waals surface area (Å²) in [7, 11) is -3.12. The first-order valence-corrected chi connectivity index (χ1v) is 11.3. The Morgan fingerprint density at radius 3 is 2.57 bits per heavy atom. The van der Waals surface area contributed by atoms with Crippen LogP contribution in [-0.4, -0.2) is 62.0 Å². The molecule has 0 radical (unpaired) electrons. The van der Waals surface area contributed by atoms with Crippen molar-refractivity contribution in [3.05, 3.63) is 29.3 Å². The van der Waals surface area contributed by atoms with Gasteiger partial charge in [-0.15, -0.1) is 0 Å². The van der Waals surface area contributed by atoms with Gasteiger partial charge in [0.05, 0.1) is 11.5 Å². The van der Waals surface area contributed by atoms with E-state index in [1.54, 1.807) is 11.0 Å². The van der Waals surface area contributed by atoms with Crippen LogP contribution in [0.15, 0.2) is 18.2 Å². The average Bonchev–Trinajstić information content (AvgIpc) is 3.00. The molecule has 0 bridgehead atoms. The summed E-state index contributed by atoms with van der Waals surface area (Å²) in [5.74, 6) is -0.372. The summed E-state index contributed by atoms with van der Waals surface area (Å²) in [5.41, 5.74) is 1.99. The molecule has 8 heteroatoms. The van der Waals surface area contributed by atoms with E-state index >= 15 is 0 Å². The molecule has 0 aromatic heterocycles. The van der Waals surface area contributed by atoms with Crippen molar-refractivity contribution in [1.82, 2.24) is 4.90 Å². The second-order valence-corrected chi connectivity index (χ2v) is 9.49. The standard InChI is InChI=1S/C20H29NO6S/c1-5-15(3)21(17-9-10-28(24,25)13-17)19(22)11-27-20(23)12-26-18-8-6-7-14(2)16(18)4/h6-8,15,17H,5,9-13H2,1-4H3/t15-,17+/m1/s1. The third-order valence-corrected chi connectivity index (χ3v) is 6.96. The van der Waals surface area contributed by atoms with E-state index in [-0.39, 0.29) is 36.1 Å². The van der Waals surface area contributed by atoms with Crippen LogP contribution in [0.3, 0.4) is 0 Å². The number of aryl methyl sites for hydroxylation is 1. The first-order valence-electron chi connectivity index (χ1n) is 9.50. The highest BCUT2D eigenvalue weighted by molar-refractivity contribution is 7.91. The third kappa shape index (κ3) is 5.70. The van der Waals surface area contributed by atoms with E-state index < -0.39 is 22.4 Å². The van der Waals surface area contributed by atoms with Gasteiger partial charge >= 0.3 is 5.97 Å². The fraction of sp³-hybridized carbons (Fsp3) is 0.600. The number of hydrogen-bond donors (Lipinski definition) is 0. The van der Waals surface area contributed by atoms with Gasteiger partial charge in [0.2, 0.25) is 0 Å². The lowest BCUT2D eigenvalue weighted by atomic mass is 10.1. The lowest BCUT2D eigenvalue weighted by Gasteiger charge is -2.33. The SMILES string of the molecule is CC[C@@H](C)N(C(=O)COC(=O)COc1cccc(C)c1C)[C@H]1CCS(=O)(=O)C1. The van der Waals surface area contributed by atoms with Gasteiger partial charge in [0.1, 0.15) is 5.75 Å². The minimum absolute atomic E-state index is 0.0349. The Morgan fingerprint density at radius 1 is 1.25 bits per heavy atom. The number of amides is 1. The van der Waals surface area contributed by atoms with Crippen molar-refractivity contribution in [2.45, 2.75) is 52.6 Å². The Labute approximate surface area is 166 Å². The first-order chi connectivity index (χ1) is 13.1. The van der Waals surface area contributed by atoms with Crippen LogP contribution in [0, 0.1) is 13.8 Å². The zero-order valence-corrected chi connectivity index (χ0v) is 17.8. The Bertz CT molecular complexity index is 820. The Kier molecular flexibility index (Phi) is 7.46. The number of carbonyl (C=O) groups excluding carboxylic acids is 2. The molecule has 1 saturated heterocycles. The molecular formula is C20H29NO6S. The molecule has 0 N–H and O–H groups in total. The van der Waals surface area contributed by atoms with Gasteiger partial charge in [0, 0.05) is 12.1 Å². The van der Waals surface area contributed by atoms with E-state index in [1.165, 1.54) is 0 Å². The normalized spacial score (nSPS) is 19.1. The molecule has 1 fully saturated rings. The van der Waals surface area contributed by atoms with Crippen LogP contribution in [0.2, 0.25) is 0 Å². The molecule has 1 heterocycles. The smallest absolute Gasteiger partial charge is 0.344 e. The molecule has 1 aromatic rings. The van der Waals surface area contributed by atoms with Crippen LogP contribution in [0.5, 0.6) is 5.75 Å². The van der Waals surface area contributed by atoms with Gasteiger partial charge < -0.3 is 14.4 Å². The van der Waals surface area contributed by atoms with E-state index in [0.717, 1.165) is 11.1 Å². The van der Waals surface area contributed by atoms with Crippen LogP contribution in [0.1, 0.15) is 37.8 Å². The number of rotatable bonds is 8. The van der Waals surface area contributed by atoms with Crippen LogP contribution in [0.4, 0.5) is 0 Å². The largest absolute Gasteiger partial charge is 0.482 e. The highest BCUT2D eigenvalue weighted by Crippen LogP contribution is 2.22. The van der Waals surface area contributed by atoms with Crippen molar-refractivity contribution < 1.29 is 27.5 Å². The molecule has 0 unspecified atom stereocenters. The lowest BCUT2D eigenvalue weighted by molar-refractivity contribution is -0.155. The van der Waals surface area contributed by atoms with Gasteiger partial charge in [-0.25, -0.2) is 13.2 Å². The summed E-state index contributed by atoms with van der Waals surface area (Å²) >= 11 is 0. The van der Waals surface area contributed by atoms with Crippen LogP contribution in [-0.2, 0) is 24.2 Å². The van der Waals surface area contributed by atoms with Crippen molar-refractivity contribution in [1.29, 1.82) is 0 Å². The Hall–Kier alpha value is -2.09. The fourth-order valence-electron chi connectivity index (χ4n) is 3.28. The zero-order chi connectivity index (χ0) is 20.9. The van der Waals surface area contributed by atoms with Crippen molar-refractivity contribution in [3.8, 4) is 5.75 Å². The monoisotopic (exact) mass is 411 g/mol. The number of esters is 1. The van der Waals surface area contributed by atoms with E-state index in [9.17, 15) is 18.0 Å². The molecular weight excluding hydrogens is 382 g/mol. The Morgan fingerprint density at radius 2 is 1.96 bits per heavy atom. The summed E-state index contributed by atoms with van der Waals surface area (Å²) in [6, 6.07) is 5.07. The molecule has 1 aliphatic heterocycles. The predicted molar refractivity (Wildman–Crippen MR) is 106 cm³/mol. The molecule has 156 valence electrons. The van der Waals surface area contributed by atoms with Gasteiger partial charge in [0.25, 0.3) is 5.91 Å². The van der Waals surface area contributed by atoms with Gasteiger partial charge in [-0.1, -0.05) is 19.1 Å². The minimum atomic E-state index is -3.12. The molecule has 1 aliphatic rings. The van der Waals surface area contributed by atoms with Crippen molar-refractivity contribution in [2.75, 3.05) is 24.7 Å². The number of hydrogen-bond acceptors (Lipinski definition) is 6. The number of sulfone groups is 1. The second kappa shape index (κ2) is 9.41. The number of benzene rings is 1. The maximum Gasteiger partial charge on any atom is 0.344 e. The van der Waals surface area contributed by atoms with Gasteiger partial charge in [-0.05, 0) is 50.8 Å². The summed E-state index contributed by atoms with van der Waals surface area (Å²) in [5, 5.41) is 0. The fourth-order valence-corrected chi connectivity index (χ4v) is 4.99. The third-order valence-electron chi connectivity index (χ3n) is 5.21. The summed E-state index contributed by atoms with van der Waals surface area (Å²) < 4.78 is 34.1. The molecule has 0 saturated carbocycles. The number of carbonyl (C=O) groups is 2. The topological polar surface area (TPSA) is 90.0 Å². The van der Waals surface area contributed by atoms with Crippen molar-refractivity contribution in [3.63, 3.8) is 0 Å². The molecule has 28 heavy (non-hydrogen) atoms. The van der Waals surface area contributed by atoms with E-state index in [1.807, 2.05) is 39.8 Å². The van der Waals surface area contributed by atoms with Gasteiger partial charge in [0.15, 0.2) is 23.1 Å².